The van der Waals surface area contributed by atoms with E-state index in [1.807, 2.05) is 5.57 Å². The van der Waals surface area contributed by atoms with Crippen LogP contribution in [0, 0.1) is 34.5 Å². The Labute approximate surface area is 143 Å². The molecule has 4 rings (SSSR count). The molecular weight excluding hydrogens is 276 g/mol. The van der Waals surface area contributed by atoms with E-state index >= 15 is 0 Å². The molecule has 0 spiro atoms. The lowest BCUT2D eigenvalue weighted by Gasteiger charge is -2.57. The number of hydrogen-bond acceptors (Lipinski definition) is 0. The zero-order chi connectivity index (χ0) is 16.2. The van der Waals surface area contributed by atoms with Crippen LogP contribution in [-0.4, -0.2) is 0 Å². The van der Waals surface area contributed by atoms with E-state index in [1.54, 1.807) is 5.57 Å². The summed E-state index contributed by atoms with van der Waals surface area (Å²) < 4.78 is 0. The Morgan fingerprint density at radius 1 is 1.09 bits per heavy atom. The number of rotatable bonds is 1. The molecule has 23 heavy (non-hydrogen) atoms. The summed E-state index contributed by atoms with van der Waals surface area (Å²) in [5.41, 5.74) is 4.68. The first-order valence-corrected chi connectivity index (χ1v) is 10.3. The number of allylic oxidation sites excluding steroid dienone is 4. The van der Waals surface area contributed by atoms with Gasteiger partial charge >= 0.3 is 0 Å². The molecule has 0 unspecified atom stereocenters. The lowest BCUT2D eigenvalue weighted by Crippen LogP contribution is -2.49. The van der Waals surface area contributed by atoms with Gasteiger partial charge in [-0.05, 0) is 99.7 Å². The summed E-state index contributed by atoms with van der Waals surface area (Å²) in [6.07, 6.45) is 18.2. The van der Waals surface area contributed by atoms with Crippen LogP contribution in [0.3, 0.4) is 0 Å². The molecule has 128 valence electrons. The SMILES string of the molecule is CC=C(C)[C@H]1CC[C@H]2[C@@H]3CC=C4CCCC[C@]4(C)[C@H]3CC[C@]12C. The minimum Gasteiger partial charge on any atom is -0.0884 e. The third-order valence-electron chi connectivity index (χ3n) is 9.02. The van der Waals surface area contributed by atoms with Crippen molar-refractivity contribution in [1.29, 1.82) is 0 Å². The van der Waals surface area contributed by atoms with Gasteiger partial charge in [-0.2, -0.15) is 0 Å². The first kappa shape index (κ1) is 16.0. The highest BCUT2D eigenvalue weighted by molar-refractivity contribution is 5.25. The minimum atomic E-state index is 0.566. The van der Waals surface area contributed by atoms with Gasteiger partial charge in [-0.25, -0.2) is 0 Å². The van der Waals surface area contributed by atoms with Gasteiger partial charge in [-0.15, -0.1) is 0 Å². The average molecular weight is 313 g/mol. The van der Waals surface area contributed by atoms with Crippen molar-refractivity contribution < 1.29 is 0 Å². The summed E-state index contributed by atoms with van der Waals surface area (Å²) in [5, 5.41) is 0. The van der Waals surface area contributed by atoms with E-state index in [2.05, 4.69) is 39.8 Å². The van der Waals surface area contributed by atoms with E-state index < -0.39 is 0 Å². The molecule has 0 bridgehead atoms. The Hall–Kier alpha value is -0.520. The summed E-state index contributed by atoms with van der Waals surface area (Å²) in [6, 6.07) is 0. The second-order valence-corrected chi connectivity index (χ2v) is 9.67. The third-order valence-corrected chi connectivity index (χ3v) is 9.02. The van der Waals surface area contributed by atoms with E-state index in [1.165, 1.54) is 57.8 Å². The fourth-order valence-electron chi connectivity index (χ4n) is 7.65. The van der Waals surface area contributed by atoms with E-state index in [9.17, 15) is 0 Å². The maximum Gasteiger partial charge on any atom is -0.00853 e. The predicted octanol–water partition coefficient (Wildman–Crippen LogP) is 6.92. The van der Waals surface area contributed by atoms with Crippen LogP contribution < -0.4 is 0 Å². The zero-order valence-corrected chi connectivity index (χ0v) is 15.8. The van der Waals surface area contributed by atoms with Crippen LogP contribution >= 0.6 is 0 Å². The highest BCUT2D eigenvalue weighted by Crippen LogP contribution is 2.67. The van der Waals surface area contributed by atoms with Gasteiger partial charge in [0, 0.05) is 0 Å². The molecule has 0 aromatic rings. The molecule has 0 amide bonds. The molecule has 3 fully saturated rings. The second-order valence-electron chi connectivity index (χ2n) is 9.67. The van der Waals surface area contributed by atoms with Crippen molar-refractivity contribution in [1.82, 2.24) is 0 Å². The summed E-state index contributed by atoms with van der Waals surface area (Å²) in [6.45, 7) is 9.93. The Bertz CT molecular complexity index is 538. The van der Waals surface area contributed by atoms with Crippen molar-refractivity contribution in [3.63, 3.8) is 0 Å². The molecule has 0 aliphatic heterocycles. The van der Waals surface area contributed by atoms with Crippen LogP contribution in [0.5, 0.6) is 0 Å². The molecule has 6 atom stereocenters. The molecule has 3 saturated carbocycles. The largest absolute Gasteiger partial charge is 0.0884 e. The van der Waals surface area contributed by atoms with E-state index in [-0.39, 0.29) is 0 Å². The van der Waals surface area contributed by atoms with Gasteiger partial charge in [0.2, 0.25) is 0 Å². The van der Waals surface area contributed by atoms with Crippen molar-refractivity contribution in [2.45, 2.75) is 85.5 Å². The Morgan fingerprint density at radius 3 is 2.70 bits per heavy atom. The lowest BCUT2D eigenvalue weighted by molar-refractivity contribution is -0.0360. The Morgan fingerprint density at radius 2 is 1.91 bits per heavy atom. The van der Waals surface area contributed by atoms with E-state index in [0.29, 0.717) is 10.8 Å². The molecular formula is C23H36. The topological polar surface area (TPSA) is 0 Å². The molecule has 4 aliphatic rings. The van der Waals surface area contributed by atoms with Crippen LogP contribution in [0.2, 0.25) is 0 Å². The van der Waals surface area contributed by atoms with Crippen molar-refractivity contribution in [3.05, 3.63) is 23.3 Å². The maximum atomic E-state index is 2.71. The van der Waals surface area contributed by atoms with Gasteiger partial charge < -0.3 is 0 Å². The number of fused-ring (bicyclic) bond motifs is 5. The second kappa shape index (κ2) is 5.50. The molecule has 0 nitrogen and oxygen atoms in total. The van der Waals surface area contributed by atoms with Crippen molar-refractivity contribution in [2.75, 3.05) is 0 Å². The quantitative estimate of drug-likeness (QED) is 0.461. The molecule has 0 aromatic heterocycles. The molecule has 0 saturated heterocycles. The van der Waals surface area contributed by atoms with E-state index in [4.69, 9.17) is 0 Å². The van der Waals surface area contributed by atoms with Gasteiger partial charge in [0.25, 0.3) is 0 Å². The first-order valence-electron chi connectivity index (χ1n) is 10.3. The zero-order valence-electron chi connectivity index (χ0n) is 15.8. The first-order chi connectivity index (χ1) is 11.0. The predicted molar refractivity (Wildman–Crippen MR) is 99.2 cm³/mol. The molecule has 0 aromatic carbocycles. The van der Waals surface area contributed by atoms with Gasteiger partial charge in [0.05, 0.1) is 0 Å². The van der Waals surface area contributed by atoms with Gasteiger partial charge in [-0.1, -0.05) is 43.6 Å². The molecule has 0 radical (unpaired) electrons. The number of hydrogen-bond donors (Lipinski definition) is 0. The Balaban J connectivity index is 1.66. The van der Waals surface area contributed by atoms with Crippen LogP contribution in [0.4, 0.5) is 0 Å². The summed E-state index contributed by atoms with van der Waals surface area (Å²) in [7, 11) is 0. The molecule has 0 N–H and O–H groups in total. The normalized spacial score (nSPS) is 49.9. The standard InChI is InChI=1S/C23H36/c1-5-16(2)19-11-12-20-18-10-9-17-8-6-7-14-22(17,3)21(18)13-15-23(19,20)4/h5,9,18-21H,6-8,10-15H2,1-4H3/t18-,19+,20-,21-,22-,23+/m0/s1. The lowest BCUT2D eigenvalue weighted by atomic mass is 9.47. The van der Waals surface area contributed by atoms with Gasteiger partial charge in [0.1, 0.15) is 0 Å². The highest BCUT2D eigenvalue weighted by Gasteiger charge is 2.58. The van der Waals surface area contributed by atoms with Crippen LogP contribution in [0.1, 0.15) is 85.5 Å². The third kappa shape index (κ3) is 2.16. The smallest absolute Gasteiger partial charge is 0.00853 e. The molecule has 0 heterocycles. The minimum absolute atomic E-state index is 0.566. The maximum absolute atomic E-state index is 2.71. The Kier molecular flexibility index (Phi) is 3.82. The van der Waals surface area contributed by atoms with Crippen LogP contribution in [0.15, 0.2) is 23.3 Å². The fraction of sp³-hybridized carbons (Fsp3) is 0.826. The highest BCUT2D eigenvalue weighted by atomic mass is 14.6. The van der Waals surface area contributed by atoms with E-state index in [0.717, 1.165) is 23.7 Å². The van der Waals surface area contributed by atoms with Crippen LogP contribution in [0.25, 0.3) is 0 Å². The summed E-state index contributed by atoms with van der Waals surface area (Å²) in [4.78, 5) is 0. The van der Waals surface area contributed by atoms with Crippen molar-refractivity contribution in [3.8, 4) is 0 Å². The summed E-state index contributed by atoms with van der Waals surface area (Å²) >= 11 is 0. The van der Waals surface area contributed by atoms with Crippen LogP contribution in [-0.2, 0) is 0 Å². The molecule has 4 aliphatic carbocycles. The van der Waals surface area contributed by atoms with Gasteiger partial charge in [-0.3, -0.25) is 0 Å². The average Bonchev–Trinajstić information content (AvgIpc) is 2.91. The molecule has 0 heteroatoms. The monoisotopic (exact) mass is 312 g/mol. The van der Waals surface area contributed by atoms with Crippen molar-refractivity contribution >= 4 is 0 Å². The van der Waals surface area contributed by atoms with Crippen molar-refractivity contribution in [2.24, 2.45) is 34.5 Å². The summed E-state index contributed by atoms with van der Waals surface area (Å²) in [5.74, 6) is 3.82. The fourth-order valence-corrected chi connectivity index (χ4v) is 7.65. The van der Waals surface area contributed by atoms with Gasteiger partial charge in [0.15, 0.2) is 0 Å².